The molecule has 1 aromatic heterocycles. The molecule has 0 saturated carbocycles. The van der Waals surface area contributed by atoms with Crippen molar-refractivity contribution in [2.75, 3.05) is 0 Å². The summed E-state index contributed by atoms with van der Waals surface area (Å²) < 4.78 is 0. The molecule has 0 spiro atoms. The molecule has 0 radical (unpaired) electrons. The van der Waals surface area contributed by atoms with Gasteiger partial charge in [0.1, 0.15) is 0 Å². The van der Waals surface area contributed by atoms with E-state index in [9.17, 15) is 9.59 Å². The average Bonchev–Trinajstić information content (AvgIpc) is 3.13. The first-order valence-corrected chi connectivity index (χ1v) is 8.66. The molecular formula is C18H20N2O2S. The quantitative estimate of drug-likeness (QED) is 0.915. The van der Waals surface area contributed by atoms with E-state index in [4.69, 9.17) is 0 Å². The SMILES string of the molecule is CC(C)NC(=O)C[C@@H](c1cccs1)N1Cc2ccccc2C1=O. The highest BCUT2D eigenvalue weighted by Crippen LogP contribution is 2.35. The molecule has 120 valence electrons. The Morgan fingerprint density at radius 3 is 2.70 bits per heavy atom. The number of amides is 2. The molecular weight excluding hydrogens is 308 g/mol. The van der Waals surface area contributed by atoms with E-state index in [1.807, 2.05) is 60.5 Å². The third-order valence-electron chi connectivity index (χ3n) is 3.93. The van der Waals surface area contributed by atoms with Crippen LogP contribution in [0.25, 0.3) is 0 Å². The summed E-state index contributed by atoms with van der Waals surface area (Å²) in [6.45, 7) is 4.44. The van der Waals surface area contributed by atoms with Crippen molar-refractivity contribution in [1.29, 1.82) is 0 Å². The van der Waals surface area contributed by atoms with Crippen molar-refractivity contribution in [3.63, 3.8) is 0 Å². The standard InChI is InChI=1S/C18H20N2O2S/c1-12(2)19-17(21)10-15(16-8-5-9-23-16)20-11-13-6-3-4-7-14(13)18(20)22/h3-9,12,15H,10-11H2,1-2H3,(H,19,21)/t15-/m0/s1. The Morgan fingerprint density at radius 1 is 1.26 bits per heavy atom. The van der Waals surface area contributed by atoms with Crippen LogP contribution in [0.5, 0.6) is 0 Å². The molecule has 0 bridgehead atoms. The van der Waals surface area contributed by atoms with Crippen LogP contribution in [0.1, 0.15) is 47.1 Å². The molecule has 0 aliphatic carbocycles. The molecule has 1 N–H and O–H groups in total. The van der Waals surface area contributed by atoms with Crippen molar-refractivity contribution in [3.8, 4) is 0 Å². The molecule has 0 unspecified atom stereocenters. The highest BCUT2D eigenvalue weighted by molar-refractivity contribution is 7.10. The van der Waals surface area contributed by atoms with Gasteiger partial charge in [-0.05, 0) is 36.9 Å². The van der Waals surface area contributed by atoms with Crippen molar-refractivity contribution in [2.24, 2.45) is 0 Å². The van der Waals surface area contributed by atoms with Gasteiger partial charge in [-0.1, -0.05) is 24.3 Å². The summed E-state index contributed by atoms with van der Waals surface area (Å²) in [7, 11) is 0. The third-order valence-corrected chi connectivity index (χ3v) is 4.90. The summed E-state index contributed by atoms with van der Waals surface area (Å²) in [6, 6.07) is 11.5. The smallest absolute Gasteiger partial charge is 0.255 e. The average molecular weight is 328 g/mol. The van der Waals surface area contributed by atoms with Gasteiger partial charge in [0.2, 0.25) is 5.91 Å². The predicted molar refractivity (Wildman–Crippen MR) is 91.3 cm³/mol. The van der Waals surface area contributed by atoms with E-state index in [0.717, 1.165) is 16.0 Å². The maximum atomic E-state index is 12.7. The van der Waals surface area contributed by atoms with Gasteiger partial charge in [0.25, 0.3) is 5.91 Å². The van der Waals surface area contributed by atoms with E-state index < -0.39 is 0 Å². The number of fused-ring (bicyclic) bond motifs is 1. The highest BCUT2D eigenvalue weighted by Gasteiger charge is 2.34. The molecule has 0 fully saturated rings. The summed E-state index contributed by atoms with van der Waals surface area (Å²) in [5, 5.41) is 4.90. The van der Waals surface area contributed by atoms with E-state index in [0.29, 0.717) is 13.0 Å². The van der Waals surface area contributed by atoms with E-state index in [1.54, 1.807) is 11.3 Å². The van der Waals surface area contributed by atoms with Gasteiger partial charge in [-0.25, -0.2) is 0 Å². The van der Waals surface area contributed by atoms with Gasteiger partial charge in [0.15, 0.2) is 0 Å². The van der Waals surface area contributed by atoms with E-state index in [2.05, 4.69) is 5.32 Å². The van der Waals surface area contributed by atoms with Crippen LogP contribution in [0, 0.1) is 0 Å². The Morgan fingerprint density at radius 2 is 2.04 bits per heavy atom. The number of hydrogen-bond acceptors (Lipinski definition) is 3. The van der Waals surface area contributed by atoms with Crippen LogP contribution in [0.15, 0.2) is 41.8 Å². The molecule has 3 rings (SSSR count). The minimum absolute atomic E-state index is 0.0105. The Kier molecular flexibility index (Phi) is 4.48. The van der Waals surface area contributed by atoms with Gasteiger partial charge in [-0.15, -0.1) is 11.3 Å². The zero-order chi connectivity index (χ0) is 16.4. The lowest BCUT2D eigenvalue weighted by Gasteiger charge is -2.27. The van der Waals surface area contributed by atoms with Crippen LogP contribution in [-0.2, 0) is 11.3 Å². The Labute approximate surface area is 140 Å². The number of nitrogens with zero attached hydrogens (tertiary/aromatic N) is 1. The van der Waals surface area contributed by atoms with Crippen LogP contribution >= 0.6 is 11.3 Å². The van der Waals surface area contributed by atoms with Crippen molar-refractivity contribution >= 4 is 23.2 Å². The zero-order valence-electron chi connectivity index (χ0n) is 13.3. The Hall–Kier alpha value is -2.14. The predicted octanol–water partition coefficient (Wildman–Crippen LogP) is 3.36. The molecule has 2 heterocycles. The lowest BCUT2D eigenvalue weighted by Crippen LogP contribution is -2.36. The molecule has 23 heavy (non-hydrogen) atoms. The van der Waals surface area contributed by atoms with Crippen LogP contribution in [0.2, 0.25) is 0 Å². The number of nitrogens with one attached hydrogen (secondary N) is 1. The first-order chi connectivity index (χ1) is 11.1. The first kappa shape index (κ1) is 15.7. The van der Waals surface area contributed by atoms with Crippen LogP contribution < -0.4 is 5.32 Å². The fourth-order valence-electron chi connectivity index (χ4n) is 2.93. The van der Waals surface area contributed by atoms with Crippen molar-refractivity contribution in [1.82, 2.24) is 10.2 Å². The van der Waals surface area contributed by atoms with Crippen molar-refractivity contribution in [3.05, 3.63) is 57.8 Å². The topological polar surface area (TPSA) is 49.4 Å². The van der Waals surface area contributed by atoms with E-state index >= 15 is 0 Å². The molecule has 1 aliphatic heterocycles. The van der Waals surface area contributed by atoms with Gasteiger partial charge in [-0.3, -0.25) is 9.59 Å². The molecule has 5 heteroatoms. The van der Waals surface area contributed by atoms with Gasteiger partial charge in [0.05, 0.1) is 12.5 Å². The van der Waals surface area contributed by atoms with Gasteiger partial charge >= 0.3 is 0 Å². The number of carbonyl (C=O) groups excluding carboxylic acids is 2. The fraction of sp³-hybridized carbons (Fsp3) is 0.333. The maximum absolute atomic E-state index is 12.7. The van der Waals surface area contributed by atoms with Crippen LogP contribution in [0.3, 0.4) is 0 Å². The Bertz CT molecular complexity index is 710. The normalized spacial score (nSPS) is 14.9. The minimum atomic E-state index is -0.214. The monoisotopic (exact) mass is 328 g/mol. The zero-order valence-corrected chi connectivity index (χ0v) is 14.1. The highest BCUT2D eigenvalue weighted by atomic mass is 32.1. The number of thiophene rings is 1. The van der Waals surface area contributed by atoms with Crippen molar-refractivity contribution < 1.29 is 9.59 Å². The largest absolute Gasteiger partial charge is 0.354 e. The van der Waals surface area contributed by atoms with Gasteiger partial charge in [0, 0.05) is 23.0 Å². The molecule has 2 amide bonds. The second kappa shape index (κ2) is 6.54. The summed E-state index contributed by atoms with van der Waals surface area (Å²) >= 11 is 1.59. The fourth-order valence-corrected chi connectivity index (χ4v) is 3.77. The van der Waals surface area contributed by atoms with Gasteiger partial charge in [-0.2, -0.15) is 0 Å². The van der Waals surface area contributed by atoms with Crippen LogP contribution in [-0.4, -0.2) is 22.8 Å². The first-order valence-electron chi connectivity index (χ1n) is 7.78. The lowest BCUT2D eigenvalue weighted by molar-refractivity contribution is -0.122. The molecule has 2 aromatic rings. The molecule has 1 aromatic carbocycles. The molecule has 1 aliphatic rings. The summed E-state index contributed by atoms with van der Waals surface area (Å²) in [4.78, 5) is 27.8. The van der Waals surface area contributed by atoms with Gasteiger partial charge < -0.3 is 10.2 Å². The number of carbonyl (C=O) groups is 2. The summed E-state index contributed by atoms with van der Waals surface area (Å²) in [5.41, 5.74) is 1.78. The summed E-state index contributed by atoms with van der Waals surface area (Å²) in [5.74, 6) is -0.0153. The maximum Gasteiger partial charge on any atom is 0.255 e. The third kappa shape index (κ3) is 3.29. The molecule has 1 atom stereocenters. The molecule has 4 nitrogen and oxygen atoms in total. The molecule has 0 saturated heterocycles. The number of rotatable bonds is 5. The Balaban J connectivity index is 1.86. The van der Waals surface area contributed by atoms with Crippen molar-refractivity contribution in [2.45, 2.75) is 38.9 Å². The van der Waals surface area contributed by atoms with Crippen LogP contribution in [0.4, 0.5) is 0 Å². The number of benzene rings is 1. The lowest BCUT2D eigenvalue weighted by atomic mass is 10.1. The minimum Gasteiger partial charge on any atom is -0.354 e. The van der Waals surface area contributed by atoms with E-state index in [1.165, 1.54) is 0 Å². The van der Waals surface area contributed by atoms with E-state index in [-0.39, 0.29) is 23.9 Å². The second-order valence-corrected chi connectivity index (χ2v) is 7.03. The summed E-state index contributed by atoms with van der Waals surface area (Å²) in [6.07, 6.45) is 0.290. The second-order valence-electron chi connectivity index (χ2n) is 6.05. The number of hydrogen-bond donors (Lipinski definition) is 1.